The van der Waals surface area contributed by atoms with Crippen LogP contribution in [0.4, 0.5) is 5.69 Å². The van der Waals surface area contributed by atoms with Gasteiger partial charge >= 0.3 is 0 Å². The van der Waals surface area contributed by atoms with E-state index in [1.165, 1.54) is 4.90 Å². The van der Waals surface area contributed by atoms with Crippen LogP contribution >= 0.6 is 0 Å². The second kappa shape index (κ2) is 6.73. The summed E-state index contributed by atoms with van der Waals surface area (Å²) in [7, 11) is 3.41. The molecule has 2 aromatic carbocycles. The molecule has 0 radical (unpaired) electrons. The maximum absolute atomic E-state index is 12.5. The van der Waals surface area contributed by atoms with Gasteiger partial charge in [-0.1, -0.05) is 12.1 Å². The van der Waals surface area contributed by atoms with Crippen LogP contribution < -0.4 is 5.32 Å². The highest BCUT2D eigenvalue weighted by Gasteiger charge is 2.13. The molecule has 3 rings (SSSR count). The number of fused-ring (bicyclic) bond motifs is 1. The molecule has 0 fully saturated rings. The number of nitrogens with zero attached hydrogens (tertiary/aromatic N) is 2. The summed E-state index contributed by atoms with van der Waals surface area (Å²) in [6.07, 6.45) is 1.72. The Morgan fingerprint density at radius 1 is 1.04 bits per heavy atom. The van der Waals surface area contributed by atoms with Crippen molar-refractivity contribution in [1.29, 1.82) is 0 Å². The first kappa shape index (κ1) is 16.6. The van der Waals surface area contributed by atoms with Gasteiger partial charge in [0.15, 0.2) is 0 Å². The highest BCUT2D eigenvalue weighted by atomic mass is 16.2. The lowest BCUT2D eigenvalue weighted by Crippen LogP contribution is -2.23. The Bertz CT molecular complexity index is 964. The first-order chi connectivity index (χ1) is 12.0. The molecule has 0 spiro atoms. The standard InChI is InChI=1S/C20H19N3O2/c1-13-6-8-16(12-17(13)20(25)23(2)3)22-19(24)15-7-9-18-14(11-15)5-4-10-21-18/h4-12H,1-3H3,(H,22,24). The second-order valence-corrected chi connectivity index (χ2v) is 6.09. The summed E-state index contributed by atoms with van der Waals surface area (Å²) >= 11 is 0. The lowest BCUT2D eigenvalue weighted by atomic mass is 10.1. The molecular weight excluding hydrogens is 314 g/mol. The zero-order valence-corrected chi connectivity index (χ0v) is 14.4. The molecule has 2 amide bonds. The third kappa shape index (κ3) is 3.50. The van der Waals surface area contributed by atoms with E-state index in [1.807, 2.05) is 31.2 Å². The summed E-state index contributed by atoms with van der Waals surface area (Å²) in [6, 6.07) is 14.4. The molecule has 0 aliphatic heterocycles. The SMILES string of the molecule is Cc1ccc(NC(=O)c2ccc3ncccc3c2)cc1C(=O)N(C)C. The van der Waals surface area contributed by atoms with Gasteiger partial charge in [0.05, 0.1) is 5.52 Å². The average molecular weight is 333 g/mol. The smallest absolute Gasteiger partial charge is 0.255 e. The molecule has 25 heavy (non-hydrogen) atoms. The van der Waals surface area contributed by atoms with E-state index in [-0.39, 0.29) is 11.8 Å². The molecule has 0 unspecified atom stereocenters. The number of hydrogen-bond acceptors (Lipinski definition) is 3. The number of nitrogens with one attached hydrogen (secondary N) is 1. The minimum Gasteiger partial charge on any atom is -0.345 e. The van der Waals surface area contributed by atoms with Crippen LogP contribution in [0.25, 0.3) is 10.9 Å². The lowest BCUT2D eigenvalue weighted by molar-refractivity contribution is 0.0826. The van der Waals surface area contributed by atoms with Crippen LogP contribution in [-0.2, 0) is 0 Å². The number of carbonyl (C=O) groups is 2. The van der Waals surface area contributed by atoms with Crippen LogP contribution in [0.1, 0.15) is 26.3 Å². The Morgan fingerprint density at radius 2 is 1.84 bits per heavy atom. The predicted molar refractivity (Wildman–Crippen MR) is 98.9 cm³/mol. The Morgan fingerprint density at radius 3 is 2.60 bits per heavy atom. The minimum absolute atomic E-state index is 0.0922. The Balaban J connectivity index is 1.87. The molecule has 0 saturated heterocycles. The number of rotatable bonds is 3. The fourth-order valence-electron chi connectivity index (χ4n) is 2.59. The van der Waals surface area contributed by atoms with Crippen molar-refractivity contribution in [3.8, 4) is 0 Å². The number of amides is 2. The number of anilines is 1. The van der Waals surface area contributed by atoms with Crippen molar-refractivity contribution in [3.05, 3.63) is 71.4 Å². The highest BCUT2D eigenvalue weighted by molar-refractivity contribution is 6.07. The van der Waals surface area contributed by atoms with E-state index in [0.29, 0.717) is 16.8 Å². The minimum atomic E-state index is -0.224. The van der Waals surface area contributed by atoms with Crippen molar-refractivity contribution in [2.24, 2.45) is 0 Å². The van der Waals surface area contributed by atoms with E-state index >= 15 is 0 Å². The summed E-state index contributed by atoms with van der Waals surface area (Å²) in [5.41, 5.74) is 3.42. The number of aromatic nitrogens is 1. The second-order valence-electron chi connectivity index (χ2n) is 6.09. The van der Waals surface area contributed by atoms with Crippen molar-refractivity contribution < 1.29 is 9.59 Å². The van der Waals surface area contributed by atoms with Crippen molar-refractivity contribution in [3.63, 3.8) is 0 Å². The topological polar surface area (TPSA) is 62.3 Å². The number of pyridine rings is 1. The van der Waals surface area contributed by atoms with Crippen LogP contribution in [-0.4, -0.2) is 35.8 Å². The molecule has 1 heterocycles. The fourth-order valence-corrected chi connectivity index (χ4v) is 2.59. The van der Waals surface area contributed by atoms with Crippen LogP contribution in [0, 0.1) is 6.92 Å². The number of aryl methyl sites for hydroxylation is 1. The molecule has 126 valence electrons. The highest BCUT2D eigenvalue weighted by Crippen LogP contribution is 2.19. The van der Waals surface area contributed by atoms with Crippen LogP contribution in [0.15, 0.2) is 54.7 Å². The summed E-state index contributed by atoms with van der Waals surface area (Å²) in [6.45, 7) is 1.87. The van der Waals surface area contributed by atoms with E-state index in [1.54, 1.807) is 44.6 Å². The molecule has 0 atom stereocenters. The Labute approximate surface area is 146 Å². The van der Waals surface area contributed by atoms with E-state index in [4.69, 9.17) is 0 Å². The Hall–Kier alpha value is -3.21. The van der Waals surface area contributed by atoms with Crippen LogP contribution in [0.2, 0.25) is 0 Å². The molecule has 5 nitrogen and oxygen atoms in total. The first-order valence-corrected chi connectivity index (χ1v) is 7.94. The van der Waals surface area contributed by atoms with Gasteiger partial charge in [-0.15, -0.1) is 0 Å². The summed E-state index contributed by atoms with van der Waals surface area (Å²) in [5, 5.41) is 3.76. The van der Waals surface area contributed by atoms with E-state index in [0.717, 1.165) is 16.5 Å². The molecule has 0 bridgehead atoms. The third-order valence-corrected chi connectivity index (χ3v) is 4.00. The maximum atomic E-state index is 12.5. The summed E-state index contributed by atoms with van der Waals surface area (Å²) in [4.78, 5) is 30.5. The van der Waals surface area contributed by atoms with Crippen molar-refractivity contribution >= 4 is 28.4 Å². The fraction of sp³-hybridized carbons (Fsp3) is 0.150. The zero-order chi connectivity index (χ0) is 18.0. The van der Waals surface area contributed by atoms with E-state index in [9.17, 15) is 9.59 Å². The van der Waals surface area contributed by atoms with E-state index < -0.39 is 0 Å². The van der Waals surface area contributed by atoms with Crippen LogP contribution in [0.3, 0.4) is 0 Å². The van der Waals surface area contributed by atoms with Crippen molar-refractivity contribution in [2.45, 2.75) is 6.92 Å². The Kier molecular flexibility index (Phi) is 4.48. The largest absolute Gasteiger partial charge is 0.345 e. The zero-order valence-electron chi connectivity index (χ0n) is 14.4. The molecule has 0 aliphatic carbocycles. The number of hydrogen-bond donors (Lipinski definition) is 1. The lowest BCUT2D eigenvalue weighted by Gasteiger charge is -2.14. The third-order valence-electron chi connectivity index (χ3n) is 4.00. The monoisotopic (exact) mass is 333 g/mol. The van der Waals surface area contributed by atoms with E-state index in [2.05, 4.69) is 10.3 Å². The number of benzene rings is 2. The molecule has 0 saturated carbocycles. The summed E-state index contributed by atoms with van der Waals surface area (Å²) in [5.74, 6) is -0.316. The van der Waals surface area contributed by atoms with Crippen molar-refractivity contribution in [1.82, 2.24) is 9.88 Å². The normalized spacial score (nSPS) is 10.5. The number of carbonyl (C=O) groups excluding carboxylic acids is 2. The first-order valence-electron chi connectivity index (χ1n) is 7.94. The van der Waals surface area contributed by atoms with Crippen LogP contribution in [0.5, 0.6) is 0 Å². The van der Waals surface area contributed by atoms with Gasteiger partial charge in [0, 0.05) is 42.5 Å². The quantitative estimate of drug-likeness (QED) is 0.798. The van der Waals surface area contributed by atoms with Gasteiger partial charge in [-0.2, -0.15) is 0 Å². The maximum Gasteiger partial charge on any atom is 0.255 e. The van der Waals surface area contributed by atoms with Gasteiger partial charge in [0.2, 0.25) is 0 Å². The predicted octanol–water partition coefficient (Wildman–Crippen LogP) is 3.50. The van der Waals surface area contributed by atoms with Crippen molar-refractivity contribution in [2.75, 3.05) is 19.4 Å². The molecule has 5 heteroatoms. The van der Waals surface area contributed by atoms with Gasteiger partial charge in [-0.05, 0) is 48.9 Å². The average Bonchev–Trinajstić information content (AvgIpc) is 2.62. The molecule has 0 aliphatic rings. The molecular formula is C20H19N3O2. The van der Waals surface area contributed by atoms with Gasteiger partial charge in [-0.25, -0.2) is 0 Å². The van der Waals surface area contributed by atoms with Gasteiger partial charge in [-0.3, -0.25) is 14.6 Å². The van der Waals surface area contributed by atoms with Gasteiger partial charge in [0.1, 0.15) is 0 Å². The molecule has 3 aromatic rings. The molecule has 1 N–H and O–H groups in total. The van der Waals surface area contributed by atoms with Gasteiger partial charge in [0.25, 0.3) is 11.8 Å². The summed E-state index contributed by atoms with van der Waals surface area (Å²) < 4.78 is 0. The van der Waals surface area contributed by atoms with Gasteiger partial charge < -0.3 is 10.2 Å². The molecule has 1 aromatic heterocycles.